The molecule has 0 amide bonds. The van der Waals surface area contributed by atoms with E-state index in [4.69, 9.17) is 10.00 Å². The normalized spacial score (nSPS) is 24.3. The number of nitriles is 1. The van der Waals surface area contributed by atoms with Crippen molar-refractivity contribution in [3.05, 3.63) is 29.8 Å². The summed E-state index contributed by atoms with van der Waals surface area (Å²) in [4.78, 5) is 2.31. The first-order chi connectivity index (χ1) is 10.1. The third-order valence-electron chi connectivity index (χ3n) is 3.90. The average Bonchev–Trinajstić information content (AvgIpc) is 2.50. The van der Waals surface area contributed by atoms with E-state index < -0.39 is 6.10 Å². The molecular formula is C16H22N2O2S. The topological polar surface area (TPSA) is 56.5 Å². The lowest BCUT2D eigenvalue weighted by molar-refractivity contribution is 0.0560. The van der Waals surface area contributed by atoms with Crippen molar-refractivity contribution in [2.45, 2.75) is 31.2 Å². The van der Waals surface area contributed by atoms with E-state index in [1.807, 2.05) is 17.8 Å². The minimum absolute atomic E-state index is 0.212. The average molecular weight is 306 g/mol. The van der Waals surface area contributed by atoms with Crippen molar-refractivity contribution in [2.24, 2.45) is 0 Å². The Morgan fingerprint density at radius 1 is 1.48 bits per heavy atom. The summed E-state index contributed by atoms with van der Waals surface area (Å²) in [6.07, 6.45) is -0.547. The van der Waals surface area contributed by atoms with Gasteiger partial charge in [0.2, 0.25) is 0 Å². The number of hydrogen-bond donors (Lipinski definition) is 1. The van der Waals surface area contributed by atoms with E-state index in [0.717, 1.165) is 12.3 Å². The lowest BCUT2D eigenvalue weighted by atomic mass is 10.2. The smallest absolute Gasteiger partial charge is 0.137 e. The van der Waals surface area contributed by atoms with Gasteiger partial charge in [-0.25, -0.2) is 0 Å². The van der Waals surface area contributed by atoms with Gasteiger partial charge in [-0.2, -0.15) is 17.0 Å². The van der Waals surface area contributed by atoms with Gasteiger partial charge in [-0.3, -0.25) is 4.90 Å². The number of thioether (sulfide) groups is 1. The van der Waals surface area contributed by atoms with Gasteiger partial charge in [-0.1, -0.05) is 19.1 Å². The quantitative estimate of drug-likeness (QED) is 0.903. The van der Waals surface area contributed by atoms with Crippen molar-refractivity contribution in [2.75, 3.05) is 25.4 Å². The van der Waals surface area contributed by atoms with Gasteiger partial charge in [0.25, 0.3) is 0 Å². The third kappa shape index (κ3) is 4.37. The number of rotatable bonds is 5. The molecular weight excluding hydrogens is 284 g/mol. The first-order valence-electron chi connectivity index (χ1n) is 7.27. The van der Waals surface area contributed by atoms with Crippen LogP contribution in [0.2, 0.25) is 0 Å². The zero-order valence-electron chi connectivity index (χ0n) is 12.5. The van der Waals surface area contributed by atoms with Gasteiger partial charge in [0.15, 0.2) is 0 Å². The van der Waals surface area contributed by atoms with Crippen molar-refractivity contribution >= 4 is 11.8 Å². The number of hydrogen-bond acceptors (Lipinski definition) is 5. The van der Waals surface area contributed by atoms with Crippen molar-refractivity contribution < 1.29 is 9.84 Å². The molecule has 1 aromatic carbocycles. The van der Waals surface area contributed by atoms with Crippen LogP contribution in [0, 0.1) is 11.3 Å². The minimum Gasteiger partial charge on any atom is -0.489 e. The van der Waals surface area contributed by atoms with Crippen LogP contribution in [0.15, 0.2) is 24.3 Å². The summed E-state index contributed by atoms with van der Waals surface area (Å²) in [7, 11) is 0. The Labute approximate surface area is 130 Å². The van der Waals surface area contributed by atoms with Crippen LogP contribution in [0.4, 0.5) is 0 Å². The highest BCUT2D eigenvalue weighted by Gasteiger charge is 2.26. The standard InChI is InChI=1S/C16H22N2O2S/c1-12-13(2)21-8-7-18(12)10-15(19)11-20-16-6-4-3-5-14(16)9-17/h3-6,12-13,15,19H,7-8,10-11H2,1-2H3. The number of aliphatic hydroxyl groups is 1. The van der Waals surface area contributed by atoms with E-state index in [2.05, 4.69) is 24.8 Å². The van der Waals surface area contributed by atoms with Crippen LogP contribution in [-0.2, 0) is 0 Å². The molecule has 1 aromatic rings. The van der Waals surface area contributed by atoms with Crippen molar-refractivity contribution in [3.8, 4) is 11.8 Å². The molecule has 1 aliphatic rings. The fraction of sp³-hybridized carbons (Fsp3) is 0.562. The van der Waals surface area contributed by atoms with Crippen LogP contribution in [0.5, 0.6) is 5.75 Å². The molecule has 1 fully saturated rings. The lowest BCUT2D eigenvalue weighted by Gasteiger charge is -2.38. The summed E-state index contributed by atoms with van der Waals surface area (Å²) in [5, 5.41) is 19.8. The van der Waals surface area contributed by atoms with E-state index in [1.54, 1.807) is 18.2 Å². The summed E-state index contributed by atoms with van der Waals surface area (Å²) >= 11 is 1.98. The molecule has 0 bridgehead atoms. The molecule has 1 N–H and O–H groups in total. The molecule has 3 unspecified atom stereocenters. The van der Waals surface area contributed by atoms with Gasteiger partial charge in [0.05, 0.1) is 5.56 Å². The second kappa shape index (κ2) is 7.69. The third-order valence-corrected chi connectivity index (χ3v) is 5.24. The Morgan fingerprint density at radius 2 is 2.24 bits per heavy atom. The molecule has 0 saturated carbocycles. The minimum atomic E-state index is -0.547. The Bertz CT molecular complexity index is 503. The molecule has 2 rings (SSSR count). The Kier molecular flexibility index (Phi) is 5.92. The number of benzene rings is 1. The highest BCUT2D eigenvalue weighted by atomic mass is 32.2. The highest BCUT2D eigenvalue weighted by molar-refractivity contribution is 8.00. The van der Waals surface area contributed by atoms with Gasteiger partial charge in [0, 0.05) is 30.1 Å². The summed E-state index contributed by atoms with van der Waals surface area (Å²) in [6.45, 7) is 6.26. The van der Waals surface area contributed by atoms with Crippen molar-refractivity contribution in [1.29, 1.82) is 5.26 Å². The van der Waals surface area contributed by atoms with Crippen LogP contribution < -0.4 is 4.74 Å². The summed E-state index contributed by atoms with van der Waals surface area (Å²) < 4.78 is 5.59. The zero-order chi connectivity index (χ0) is 15.2. The number of ether oxygens (including phenoxy) is 1. The molecule has 21 heavy (non-hydrogen) atoms. The Hall–Kier alpha value is -1.22. The van der Waals surface area contributed by atoms with E-state index in [9.17, 15) is 5.11 Å². The van der Waals surface area contributed by atoms with Crippen LogP contribution in [0.3, 0.4) is 0 Å². The molecule has 1 saturated heterocycles. The SMILES string of the molecule is CC1SCCN(CC(O)COc2ccccc2C#N)C1C. The van der Waals surface area contributed by atoms with Crippen molar-refractivity contribution in [3.63, 3.8) is 0 Å². The van der Waals surface area contributed by atoms with Gasteiger partial charge >= 0.3 is 0 Å². The second-order valence-corrected chi connectivity index (χ2v) is 6.87. The number of β-amino-alcohol motifs (C(OH)–C–C–N with tert-alkyl or cyclic N) is 1. The van der Waals surface area contributed by atoms with Gasteiger partial charge in [-0.05, 0) is 19.1 Å². The maximum absolute atomic E-state index is 10.2. The predicted molar refractivity (Wildman–Crippen MR) is 85.6 cm³/mol. The van der Waals surface area contributed by atoms with Crippen LogP contribution in [-0.4, -0.2) is 52.9 Å². The van der Waals surface area contributed by atoms with E-state index >= 15 is 0 Å². The fourth-order valence-electron chi connectivity index (χ4n) is 2.45. The molecule has 0 radical (unpaired) electrons. The molecule has 5 heteroatoms. The monoisotopic (exact) mass is 306 g/mol. The Morgan fingerprint density at radius 3 is 3.00 bits per heavy atom. The fourth-order valence-corrected chi connectivity index (χ4v) is 3.61. The largest absolute Gasteiger partial charge is 0.489 e. The zero-order valence-corrected chi connectivity index (χ0v) is 13.3. The summed E-state index contributed by atoms with van der Waals surface area (Å²) in [5.41, 5.74) is 0.501. The maximum atomic E-state index is 10.2. The predicted octanol–water partition coefficient (Wildman–Crippen LogP) is 2.12. The molecule has 1 aliphatic heterocycles. The summed E-state index contributed by atoms with van der Waals surface area (Å²) in [6, 6.07) is 9.66. The molecule has 0 aliphatic carbocycles. The van der Waals surface area contributed by atoms with Gasteiger partial charge < -0.3 is 9.84 Å². The maximum Gasteiger partial charge on any atom is 0.137 e. The molecule has 0 aromatic heterocycles. The summed E-state index contributed by atoms with van der Waals surface area (Å²) in [5.74, 6) is 1.64. The Balaban J connectivity index is 1.85. The van der Waals surface area contributed by atoms with Gasteiger partial charge in [-0.15, -0.1) is 0 Å². The van der Waals surface area contributed by atoms with Crippen molar-refractivity contribution in [1.82, 2.24) is 4.90 Å². The number of para-hydroxylation sites is 1. The van der Waals surface area contributed by atoms with Crippen LogP contribution in [0.1, 0.15) is 19.4 Å². The lowest BCUT2D eigenvalue weighted by Crippen LogP contribution is -2.48. The van der Waals surface area contributed by atoms with Gasteiger partial charge in [0.1, 0.15) is 24.5 Å². The highest BCUT2D eigenvalue weighted by Crippen LogP contribution is 2.24. The first-order valence-corrected chi connectivity index (χ1v) is 8.32. The first kappa shape index (κ1) is 16.2. The van der Waals surface area contributed by atoms with Crippen LogP contribution >= 0.6 is 11.8 Å². The number of aliphatic hydroxyl groups excluding tert-OH is 1. The van der Waals surface area contributed by atoms with Crippen LogP contribution in [0.25, 0.3) is 0 Å². The van der Waals surface area contributed by atoms with E-state index in [0.29, 0.717) is 29.1 Å². The molecule has 4 nitrogen and oxygen atoms in total. The number of nitrogens with zero attached hydrogens (tertiary/aromatic N) is 2. The second-order valence-electron chi connectivity index (χ2n) is 5.38. The molecule has 1 heterocycles. The van der Waals surface area contributed by atoms with E-state index in [1.165, 1.54) is 0 Å². The van der Waals surface area contributed by atoms with E-state index in [-0.39, 0.29) is 6.61 Å². The molecule has 3 atom stereocenters. The molecule has 0 spiro atoms. The molecule has 114 valence electrons.